The molecular weight excluding hydrogens is 254 g/mol. The number of hydrazine groups is 1. The first-order chi connectivity index (χ1) is 9.78. The fourth-order valence-electron chi connectivity index (χ4n) is 3.00. The van der Waals surface area contributed by atoms with E-state index >= 15 is 0 Å². The van der Waals surface area contributed by atoms with E-state index in [1.165, 1.54) is 32.1 Å². The maximum absolute atomic E-state index is 5.51. The number of aromatic nitrogens is 3. The molecular formula is C13H23N7. The normalized spacial score (nSPS) is 23.2. The average Bonchev–Trinajstić information content (AvgIpc) is 3.01. The Morgan fingerprint density at radius 2 is 1.70 bits per heavy atom. The summed E-state index contributed by atoms with van der Waals surface area (Å²) in [5.41, 5.74) is 2.57. The molecule has 2 saturated heterocycles. The molecule has 0 aromatic carbocycles. The maximum Gasteiger partial charge on any atom is 0.243 e. The Bertz CT molecular complexity index is 458. The van der Waals surface area contributed by atoms with E-state index in [0.717, 1.165) is 31.5 Å². The van der Waals surface area contributed by atoms with Crippen molar-refractivity contribution in [2.45, 2.75) is 45.1 Å². The van der Waals surface area contributed by atoms with Crippen LogP contribution in [0.5, 0.6) is 0 Å². The molecule has 1 aromatic heterocycles. The van der Waals surface area contributed by atoms with Gasteiger partial charge in [0.05, 0.1) is 0 Å². The fraction of sp³-hybridized carbons (Fsp3) is 0.769. The van der Waals surface area contributed by atoms with E-state index in [1.807, 2.05) is 0 Å². The monoisotopic (exact) mass is 277 g/mol. The van der Waals surface area contributed by atoms with Gasteiger partial charge in [-0.05, 0) is 39.0 Å². The van der Waals surface area contributed by atoms with Gasteiger partial charge in [-0.1, -0.05) is 0 Å². The Kier molecular flexibility index (Phi) is 3.86. The third kappa shape index (κ3) is 2.63. The lowest BCUT2D eigenvalue weighted by Crippen LogP contribution is -2.39. The second-order valence-electron chi connectivity index (χ2n) is 5.64. The Labute approximate surface area is 119 Å². The van der Waals surface area contributed by atoms with Gasteiger partial charge in [-0.15, -0.1) is 0 Å². The van der Waals surface area contributed by atoms with E-state index in [0.29, 0.717) is 12.0 Å². The highest BCUT2D eigenvalue weighted by Gasteiger charge is 2.24. The zero-order chi connectivity index (χ0) is 13.9. The van der Waals surface area contributed by atoms with Crippen LogP contribution in [0.3, 0.4) is 0 Å². The van der Waals surface area contributed by atoms with Crippen molar-refractivity contribution in [3.05, 3.63) is 0 Å². The highest BCUT2D eigenvalue weighted by Crippen LogP contribution is 2.25. The quantitative estimate of drug-likeness (QED) is 0.633. The third-order valence-electron chi connectivity index (χ3n) is 4.19. The number of hydrogen-bond acceptors (Lipinski definition) is 7. The molecule has 3 heterocycles. The van der Waals surface area contributed by atoms with Gasteiger partial charge < -0.3 is 9.80 Å². The summed E-state index contributed by atoms with van der Waals surface area (Å²) in [5, 5.41) is 0. The molecule has 2 aliphatic heterocycles. The summed E-state index contributed by atoms with van der Waals surface area (Å²) in [5.74, 6) is 7.46. The zero-order valence-electron chi connectivity index (χ0n) is 12.0. The molecule has 7 heteroatoms. The second-order valence-corrected chi connectivity index (χ2v) is 5.64. The van der Waals surface area contributed by atoms with Gasteiger partial charge in [-0.25, -0.2) is 5.84 Å². The molecule has 1 aromatic rings. The zero-order valence-corrected chi connectivity index (χ0v) is 12.0. The number of anilines is 3. The lowest BCUT2D eigenvalue weighted by Gasteiger charge is -2.33. The summed E-state index contributed by atoms with van der Waals surface area (Å²) in [6, 6.07) is 0.475. The van der Waals surface area contributed by atoms with E-state index in [9.17, 15) is 0 Å². The molecule has 2 fully saturated rings. The molecule has 0 aliphatic carbocycles. The second kappa shape index (κ2) is 5.78. The number of hydrogen-bond donors (Lipinski definition) is 2. The van der Waals surface area contributed by atoms with Crippen LogP contribution in [0.25, 0.3) is 0 Å². The van der Waals surface area contributed by atoms with Gasteiger partial charge in [0.2, 0.25) is 17.8 Å². The van der Waals surface area contributed by atoms with E-state index in [1.54, 1.807) is 0 Å². The summed E-state index contributed by atoms with van der Waals surface area (Å²) in [7, 11) is 0. The lowest BCUT2D eigenvalue weighted by atomic mass is 10.0. The summed E-state index contributed by atoms with van der Waals surface area (Å²) >= 11 is 0. The Morgan fingerprint density at radius 1 is 1.00 bits per heavy atom. The highest BCUT2D eigenvalue weighted by atomic mass is 15.4. The molecule has 0 bridgehead atoms. The van der Waals surface area contributed by atoms with Crippen LogP contribution in [0.1, 0.15) is 39.0 Å². The van der Waals surface area contributed by atoms with Crippen molar-refractivity contribution in [3.8, 4) is 0 Å². The van der Waals surface area contributed by atoms with Crippen LogP contribution in [-0.2, 0) is 0 Å². The summed E-state index contributed by atoms with van der Waals surface area (Å²) < 4.78 is 0. The molecule has 20 heavy (non-hydrogen) atoms. The first-order valence-corrected chi connectivity index (χ1v) is 7.52. The van der Waals surface area contributed by atoms with Gasteiger partial charge in [-0.3, -0.25) is 5.43 Å². The number of nitrogens with one attached hydrogen (secondary N) is 1. The largest absolute Gasteiger partial charge is 0.341 e. The fourth-order valence-corrected chi connectivity index (χ4v) is 3.00. The predicted octanol–water partition coefficient (Wildman–Crippen LogP) is 1.14. The molecule has 7 nitrogen and oxygen atoms in total. The minimum absolute atomic E-state index is 0.453. The van der Waals surface area contributed by atoms with E-state index in [4.69, 9.17) is 5.84 Å². The molecule has 1 unspecified atom stereocenters. The third-order valence-corrected chi connectivity index (χ3v) is 4.19. The highest BCUT2D eigenvalue weighted by molar-refractivity contribution is 5.46. The van der Waals surface area contributed by atoms with Crippen LogP contribution >= 0.6 is 0 Å². The number of nitrogens with zero attached hydrogens (tertiary/aromatic N) is 5. The Morgan fingerprint density at radius 3 is 2.40 bits per heavy atom. The van der Waals surface area contributed by atoms with Crippen molar-refractivity contribution in [3.63, 3.8) is 0 Å². The lowest BCUT2D eigenvalue weighted by molar-refractivity contribution is 0.476. The predicted molar refractivity (Wildman–Crippen MR) is 79.7 cm³/mol. The number of nitrogen functional groups attached to an aromatic ring is 1. The smallest absolute Gasteiger partial charge is 0.243 e. The minimum Gasteiger partial charge on any atom is -0.341 e. The van der Waals surface area contributed by atoms with Gasteiger partial charge in [0, 0.05) is 25.7 Å². The molecule has 0 spiro atoms. The molecule has 0 saturated carbocycles. The van der Waals surface area contributed by atoms with Gasteiger partial charge >= 0.3 is 0 Å². The molecule has 0 radical (unpaired) electrons. The van der Waals surface area contributed by atoms with Gasteiger partial charge in [0.25, 0.3) is 0 Å². The molecule has 3 N–H and O–H groups in total. The first-order valence-electron chi connectivity index (χ1n) is 7.52. The Hall–Kier alpha value is -1.63. The van der Waals surface area contributed by atoms with E-state index < -0.39 is 0 Å². The summed E-state index contributed by atoms with van der Waals surface area (Å²) in [6.07, 6.45) is 6.07. The number of piperidine rings is 1. The van der Waals surface area contributed by atoms with Crippen molar-refractivity contribution in [2.24, 2.45) is 5.84 Å². The molecule has 0 amide bonds. The van der Waals surface area contributed by atoms with Gasteiger partial charge in [0.15, 0.2) is 0 Å². The molecule has 2 aliphatic rings. The standard InChI is InChI=1S/C13H23N7/c1-10-6-2-3-9-20(10)13-16-11(18-14)15-12(17-13)19-7-4-5-8-19/h10H,2-9,14H2,1H3,(H,15,16,17,18). The van der Waals surface area contributed by atoms with Crippen molar-refractivity contribution < 1.29 is 0 Å². The Balaban J connectivity index is 1.90. The maximum atomic E-state index is 5.51. The number of nitrogens with two attached hydrogens (primary N) is 1. The molecule has 3 rings (SSSR count). The van der Waals surface area contributed by atoms with Gasteiger partial charge in [0.1, 0.15) is 0 Å². The SMILES string of the molecule is CC1CCCCN1c1nc(NN)nc(N2CCCC2)n1. The topological polar surface area (TPSA) is 83.2 Å². The van der Waals surface area contributed by atoms with Crippen LogP contribution < -0.4 is 21.1 Å². The molecule has 1 atom stereocenters. The van der Waals surface area contributed by atoms with E-state index in [-0.39, 0.29) is 0 Å². The van der Waals surface area contributed by atoms with E-state index in [2.05, 4.69) is 37.1 Å². The van der Waals surface area contributed by atoms with Gasteiger partial charge in [-0.2, -0.15) is 15.0 Å². The van der Waals surface area contributed by atoms with Crippen molar-refractivity contribution >= 4 is 17.8 Å². The summed E-state index contributed by atoms with van der Waals surface area (Å²) in [4.78, 5) is 18.0. The van der Waals surface area contributed by atoms with Crippen LogP contribution in [-0.4, -0.2) is 40.6 Å². The average molecular weight is 277 g/mol. The molecule has 110 valence electrons. The first kappa shape index (κ1) is 13.4. The van der Waals surface area contributed by atoms with Crippen molar-refractivity contribution in [2.75, 3.05) is 34.9 Å². The van der Waals surface area contributed by atoms with Crippen molar-refractivity contribution in [1.82, 2.24) is 15.0 Å². The summed E-state index contributed by atoms with van der Waals surface area (Å²) in [6.45, 7) is 5.27. The minimum atomic E-state index is 0.453. The van der Waals surface area contributed by atoms with Crippen LogP contribution in [0.2, 0.25) is 0 Å². The van der Waals surface area contributed by atoms with Crippen LogP contribution in [0, 0.1) is 0 Å². The number of rotatable bonds is 3. The van der Waals surface area contributed by atoms with Crippen LogP contribution in [0.15, 0.2) is 0 Å². The van der Waals surface area contributed by atoms with Crippen LogP contribution in [0.4, 0.5) is 17.8 Å². The van der Waals surface area contributed by atoms with Crippen molar-refractivity contribution in [1.29, 1.82) is 0 Å².